The monoisotopic (exact) mass is 255 g/mol. The van der Waals surface area contributed by atoms with Gasteiger partial charge in [0.05, 0.1) is 5.71 Å². The van der Waals surface area contributed by atoms with Crippen LogP contribution in [-0.2, 0) is 0 Å². The Labute approximate surface area is 109 Å². The summed E-state index contributed by atoms with van der Waals surface area (Å²) in [5.74, 6) is 0. The Morgan fingerprint density at radius 2 is 1.53 bits per heavy atom. The summed E-state index contributed by atoms with van der Waals surface area (Å²) in [6.45, 7) is 0. The van der Waals surface area contributed by atoms with Crippen LogP contribution in [0.1, 0.15) is 70.6 Å². The van der Waals surface area contributed by atoms with Gasteiger partial charge in [0.2, 0.25) is 0 Å². The summed E-state index contributed by atoms with van der Waals surface area (Å²) >= 11 is 2.11. The molecule has 0 aliphatic heterocycles. The molecule has 0 aromatic carbocycles. The Balaban J connectivity index is 1.89. The summed E-state index contributed by atoms with van der Waals surface area (Å²) in [6, 6.07) is 0. The number of rotatable bonds is 2. The van der Waals surface area contributed by atoms with Crippen LogP contribution in [0, 0.1) is 0 Å². The van der Waals surface area contributed by atoms with E-state index in [1.165, 1.54) is 64.2 Å². The molecule has 1 atom stereocenters. The smallest absolute Gasteiger partial charge is 0.0700 e. The molecule has 2 fully saturated rings. The highest BCUT2D eigenvalue weighted by molar-refractivity contribution is 8.01. The normalized spacial score (nSPS) is 31.1. The molecule has 0 aromatic heterocycles. The lowest BCUT2D eigenvalue weighted by molar-refractivity contribution is 0.315. The molecular formula is C14H25NOS. The maximum Gasteiger partial charge on any atom is 0.0700 e. The molecular weight excluding hydrogens is 230 g/mol. The third-order valence-corrected chi connectivity index (χ3v) is 5.75. The van der Waals surface area contributed by atoms with Gasteiger partial charge in [0.1, 0.15) is 0 Å². The molecule has 0 aromatic rings. The van der Waals surface area contributed by atoms with Crippen LogP contribution in [0.4, 0.5) is 0 Å². The molecule has 2 aliphatic rings. The number of oxime groups is 1. The molecule has 2 saturated carbocycles. The van der Waals surface area contributed by atoms with Crippen LogP contribution in [0.3, 0.4) is 0 Å². The van der Waals surface area contributed by atoms with Crippen molar-refractivity contribution in [3.8, 4) is 0 Å². The number of nitrogens with zero attached hydrogens (tertiary/aromatic N) is 1. The van der Waals surface area contributed by atoms with Crippen LogP contribution in [0.15, 0.2) is 5.16 Å². The average molecular weight is 255 g/mol. The molecule has 0 bridgehead atoms. The molecule has 3 heteroatoms. The minimum absolute atomic E-state index is 0.503. The molecule has 2 aliphatic carbocycles. The highest BCUT2D eigenvalue weighted by Crippen LogP contribution is 2.35. The van der Waals surface area contributed by atoms with Crippen molar-refractivity contribution in [2.75, 3.05) is 0 Å². The molecule has 0 amide bonds. The van der Waals surface area contributed by atoms with E-state index >= 15 is 0 Å². The van der Waals surface area contributed by atoms with Gasteiger partial charge in [-0.25, -0.2) is 0 Å². The number of thioether (sulfide) groups is 1. The zero-order valence-electron chi connectivity index (χ0n) is 10.7. The van der Waals surface area contributed by atoms with E-state index in [1.54, 1.807) is 0 Å². The van der Waals surface area contributed by atoms with Crippen LogP contribution in [-0.4, -0.2) is 21.4 Å². The first-order chi connectivity index (χ1) is 8.40. The van der Waals surface area contributed by atoms with Gasteiger partial charge in [-0.3, -0.25) is 0 Å². The van der Waals surface area contributed by atoms with Gasteiger partial charge in [0.25, 0.3) is 0 Å². The van der Waals surface area contributed by atoms with Crippen LogP contribution < -0.4 is 0 Å². The van der Waals surface area contributed by atoms with Crippen molar-refractivity contribution in [2.24, 2.45) is 5.16 Å². The van der Waals surface area contributed by atoms with E-state index in [0.29, 0.717) is 5.25 Å². The molecule has 1 N–H and O–H groups in total. The highest BCUT2D eigenvalue weighted by atomic mass is 32.2. The third-order valence-electron chi connectivity index (χ3n) is 4.06. The SMILES string of the molecule is O/N=C1\CCCCCCC1SC1CCCCC1. The van der Waals surface area contributed by atoms with Crippen LogP contribution in [0.2, 0.25) is 0 Å². The second kappa shape index (κ2) is 7.30. The van der Waals surface area contributed by atoms with Gasteiger partial charge in [0, 0.05) is 10.5 Å². The molecule has 0 radical (unpaired) electrons. The van der Waals surface area contributed by atoms with Crippen LogP contribution >= 0.6 is 11.8 Å². The van der Waals surface area contributed by atoms with E-state index < -0.39 is 0 Å². The average Bonchev–Trinajstić information content (AvgIpc) is 2.34. The Hall–Kier alpha value is -0.180. The summed E-state index contributed by atoms with van der Waals surface area (Å²) < 4.78 is 0. The Bertz CT molecular complexity index is 249. The fourth-order valence-corrected chi connectivity index (χ4v) is 4.71. The summed E-state index contributed by atoms with van der Waals surface area (Å²) in [5, 5.41) is 14.1. The molecule has 98 valence electrons. The lowest BCUT2D eigenvalue weighted by atomic mass is 9.99. The fourth-order valence-electron chi connectivity index (χ4n) is 3.01. The van der Waals surface area contributed by atoms with Crippen molar-refractivity contribution in [3.63, 3.8) is 0 Å². The van der Waals surface area contributed by atoms with Crippen molar-refractivity contribution in [2.45, 2.75) is 81.1 Å². The lowest BCUT2D eigenvalue weighted by Crippen LogP contribution is -2.23. The van der Waals surface area contributed by atoms with E-state index in [1.807, 2.05) is 0 Å². The second-order valence-corrected chi connectivity index (χ2v) is 6.94. The van der Waals surface area contributed by atoms with Crippen molar-refractivity contribution in [1.29, 1.82) is 0 Å². The molecule has 0 saturated heterocycles. The van der Waals surface area contributed by atoms with Gasteiger partial charge < -0.3 is 5.21 Å². The third kappa shape index (κ3) is 4.20. The van der Waals surface area contributed by atoms with Gasteiger partial charge in [-0.2, -0.15) is 0 Å². The molecule has 1 unspecified atom stereocenters. The quantitative estimate of drug-likeness (QED) is 0.577. The fraction of sp³-hybridized carbons (Fsp3) is 0.929. The van der Waals surface area contributed by atoms with E-state index in [-0.39, 0.29) is 0 Å². The summed E-state index contributed by atoms with van der Waals surface area (Å²) in [4.78, 5) is 0. The van der Waals surface area contributed by atoms with Crippen LogP contribution in [0.5, 0.6) is 0 Å². The second-order valence-electron chi connectivity index (χ2n) is 5.43. The van der Waals surface area contributed by atoms with Gasteiger partial charge in [-0.05, 0) is 32.1 Å². The van der Waals surface area contributed by atoms with Crippen molar-refractivity contribution < 1.29 is 5.21 Å². The predicted molar refractivity (Wildman–Crippen MR) is 75.2 cm³/mol. The first-order valence-corrected chi connectivity index (χ1v) is 8.20. The van der Waals surface area contributed by atoms with E-state index in [2.05, 4.69) is 16.9 Å². The maximum absolute atomic E-state index is 9.18. The first-order valence-electron chi connectivity index (χ1n) is 7.26. The van der Waals surface area contributed by atoms with Crippen molar-refractivity contribution >= 4 is 17.5 Å². The first kappa shape index (κ1) is 13.3. The largest absolute Gasteiger partial charge is 0.411 e. The highest BCUT2D eigenvalue weighted by Gasteiger charge is 2.24. The number of hydrogen-bond donors (Lipinski definition) is 1. The van der Waals surface area contributed by atoms with E-state index in [0.717, 1.165) is 17.4 Å². The topological polar surface area (TPSA) is 32.6 Å². The Morgan fingerprint density at radius 1 is 0.882 bits per heavy atom. The minimum atomic E-state index is 0.503. The van der Waals surface area contributed by atoms with E-state index in [9.17, 15) is 5.21 Å². The van der Waals surface area contributed by atoms with Gasteiger partial charge in [-0.1, -0.05) is 43.7 Å². The van der Waals surface area contributed by atoms with Crippen molar-refractivity contribution in [1.82, 2.24) is 0 Å². The molecule has 17 heavy (non-hydrogen) atoms. The Kier molecular flexibility index (Phi) is 5.69. The summed E-state index contributed by atoms with van der Waals surface area (Å²) in [6.07, 6.45) is 14.4. The number of hydrogen-bond acceptors (Lipinski definition) is 3. The minimum Gasteiger partial charge on any atom is -0.411 e. The summed E-state index contributed by atoms with van der Waals surface area (Å²) in [7, 11) is 0. The molecule has 2 rings (SSSR count). The van der Waals surface area contributed by atoms with Crippen molar-refractivity contribution in [3.05, 3.63) is 0 Å². The lowest BCUT2D eigenvalue weighted by Gasteiger charge is -2.27. The van der Waals surface area contributed by atoms with Gasteiger partial charge >= 0.3 is 0 Å². The van der Waals surface area contributed by atoms with Gasteiger partial charge in [-0.15, -0.1) is 11.8 Å². The molecule has 2 nitrogen and oxygen atoms in total. The van der Waals surface area contributed by atoms with E-state index in [4.69, 9.17) is 0 Å². The van der Waals surface area contributed by atoms with Crippen LogP contribution in [0.25, 0.3) is 0 Å². The standard InChI is InChI=1S/C14H25NOS/c16-15-13-10-6-1-2-7-11-14(13)17-12-8-4-3-5-9-12/h12,14,16H,1-11H2/b15-13+. The zero-order valence-corrected chi connectivity index (χ0v) is 11.6. The summed E-state index contributed by atoms with van der Waals surface area (Å²) in [5.41, 5.74) is 1.07. The van der Waals surface area contributed by atoms with Gasteiger partial charge in [0.15, 0.2) is 0 Å². The molecule has 0 heterocycles. The molecule has 0 spiro atoms. The predicted octanol–water partition coefficient (Wildman–Crippen LogP) is 4.61. The maximum atomic E-state index is 9.18. The Morgan fingerprint density at radius 3 is 2.29 bits per heavy atom. The zero-order chi connectivity index (χ0) is 11.9.